The van der Waals surface area contributed by atoms with Crippen molar-refractivity contribution in [3.05, 3.63) is 87.7 Å². The zero-order chi connectivity index (χ0) is 27.8. The van der Waals surface area contributed by atoms with E-state index in [1.807, 2.05) is 0 Å². The lowest BCUT2D eigenvalue weighted by Crippen LogP contribution is -2.23. The third-order valence-electron chi connectivity index (χ3n) is 5.49. The topological polar surface area (TPSA) is 101 Å². The third kappa shape index (κ3) is 4.81. The molecule has 0 saturated heterocycles. The average Bonchev–Trinajstić information content (AvgIpc) is 3.24. The van der Waals surface area contributed by atoms with Crippen molar-refractivity contribution < 1.29 is 37.1 Å². The molecule has 0 aliphatic rings. The van der Waals surface area contributed by atoms with Crippen LogP contribution in [-0.4, -0.2) is 39.2 Å². The molecule has 7 nitrogen and oxygen atoms in total. The quantitative estimate of drug-likeness (QED) is 0.264. The predicted molar refractivity (Wildman–Crippen MR) is 129 cm³/mol. The minimum absolute atomic E-state index is 0.00912. The monoisotopic (exact) mass is 543 g/mol. The smallest absolute Gasteiger partial charge is 0.417 e. The molecule has 0 aliphatic heterocycles. The molecule has 4 aromatic rings. The molecule has 2 N–H and O–H groups in total. The van der Waals surface area contributed by atoms with E-state index in [9.17, 15) is 31.9 Å². The highest BCUT2D eigenvalue weighted by Gasteiger charge is 2.37. The first-order valence-electron chi connectivity index (χ1n) is 10.6. The standard InChI is InChI=1S/C26H14ClF4N3O4/c1-2-10-32-23(35)13-6-9-16-20(12-13)34(24(36)21-17(26(29,30)31)4-3-5-18(21)27)33-22(16)15-8-7-14(25(37)38)11-19(15)28/h1,3-9,11-12H,10H2,(H,32,35)(H,37,38). The van der Waals surface area contributed by atoms with Crippen LogP contribution in [0, 0.1) is 18.2 Å². The summed E-state index contributed by atoms with van der Waals surface area (Å²) < 4.78 is 56.7. The third-order valence-corrected chi connectivity index (χ3v) is 5.81. The number of halogens is 5. The van der Waals surface area contributed by atoms with Gasteiger partial charge in [-0.1, -0.05) is 23.6 Å². The van der Waals surface area contributed by atoms with Crippen LogP contribution in [0.4, 0.5) is 17.6 Å². The van der Waals surface area contributed by atoms with Crippen molar-refractivity contribution in [1.82, 2.24) is 15.1 Å². The molecule has 1 heterocycles. The second-order valence-electron chi connectivity index (χ2n) is 7.84. The fourth-order valence-electron chi connectivity index (χ4n) is 3.77. The first-order valence-corrected chi connectivity index (χ1v) is 11.0. The summed E-state index contributed by atoms with van der Waals surface area (Å²) >= 11 is 6.01. The summed E-state index contributed by atoms with van der Waals surface area (Å²) in [4.78, 5) is 37.2. The van der Waals surface area contributed by atoms with Crippen LogP contribution in [0.25, 0.3) is 22.2 Å². The molecule has 0 spiro atoms. The second kappa shape index (κ2) is 9.99. The molecule has 192 valence electrons. The molecular formula is C26H14ClF4N3O4. The van der Waals surface area contributed by atoms with Gasteiger partial charge in [0.1, 0.15) is 11.5 Å². The number of terminal acetylenes is 1. The van der Waals surface area contributed by atoms with Crippen LogP contribution in [0.2, 0.25) is 5.02 Å². The zero-order valence-electron chi connectivity index (χ0n) is 18.9. The molecule has 12 heteroatoms. The van der Waals surface area contributed by atoms with Gasteiger partial charge in [0.2, 0.25) is 0 Å². The van der Waals surface area contributed by atoms with Crippen LogP contribution in [0.1, 0.15) is 36.6 Å². The van der Waals surface area contributed by atoms with Crippen LogP contribution in [0.15, 0.2) is 54.6 Å². The van der Waals surface area contributed by atoms with E-state index in [-0.39, 0.29) is 39.8 Å². The molecule has 0 aliphatic carbocycles. The lowest BCUT2D eigenvalue weighted by Gasteiger charge is -2.13. The zero-order valence-corrected chi connectivity index (χ0v) is 19.7. The lowest BCUT2D eigenvalue weighted by molar-refractivity contribution is -0.137. The first-order chi connectivity index (χ1) is 17.9. The molecule has 0 radical (unpaired) electrons. The number of amides is 1. The maximum Gasteiger partial charge on any atom is 0.417 e. The van der Waals surface area contributed by atoms with Crippen molar-refractivity contribution in [1.29, 1.82) is 0 Å². The fourth-order valence-corrected chi connectivity index (χ4v) is 4.02. The van der Waals surface area contributed by atoms with Gasteiger partial charge in [-0.05, 0) is 48.5 Å². The number of carboxylic acid groups (broad SMARTS) is 1. The number of hydrogen-bond acceptors (Lipinski definition) is 4. The van der Waals surface area contributed by atoms with Gasteiger partial charge >= 0.3 is 12.1 Å². The largest absolute Gasteiger partial charge is 0.478 e. The van der Waals surface area contributed by atoms with Gasteiger partial charge in [-0.15, -0.1) is 6.42 Å². The van der Waals surface area contributed by atoms with Crippen molar-refractivity contribution in [2.24, 2.45) is 0 Å². The number of aromatic nitrogens is 2. The number of hydrogen-bond donors (Lipinski definition) is 2. The Bertz CT molecular complexity index is 1670. The number of rotatable bonds is 5. The van der Waals surface area contributed by atoms with E-state index in [2.05, 4.69) is 16.3 Å². The number of aromatic carboxylic acids is 1. The summed E-state index contributed by atoms with van der Waals surface area (Å²) in [6.07, 6.45) is 0.204. The molecule has 0 atom stereocenters. The Morgan fingerprint density at radius 3 is 2.42 bits per heavy atom. The molecule has 0 bridgehead atoms. The molecule has 3 aromatic carbocycles. The summed E-state index contributed by atoms with van der Waals surface area (Å²) in [6, 6.07) is 9.59. The maximum absolute atomic E-state index is 14.9. The summed E-state index contributed by atoms with van der Waals surface area (Å²) in [5.74, 6) is -2.10. The van der Waals surface area contributed by atoms with E-state index in [4.69, 9.17) is 23.1 Å². The van der Waals surface area contributed by atoms with Gasteiger partial charge in [-0.2, -0.15) is 23.0 Å². The predicted octanol–water partition coefficient (Wildman–Crippen LogP) is 5.26. The van der Waals surface area contributed by atoms with Crippen LogP contribution in [0.3, 0.4) is 0 Å². The van der Waals surface area contributed by atoms with E-state index >= 15 is 0 Å². The first kappa shape index (κ1) is 26.4. The number of carbonyl (C=O) groups is 3. The highest BCUT2D eigenvalue weighted by molar-refractivity contribution is 6.34. The number of benzene rings is 3. The number of carbonyl (C=O) groups excluding carboxylic acids is 2. The minimum Gasteiger partial charge on any atom is -0.478 e. The van der Waals surface area contributed by atoms with Crippen LogP contribution < -0.4 is 5.32 Å². The van der Waals surface area contributed by atoms with Crippen molar-refractivity contribution in [2.75, 3.05) is 6.54 Å². The normalized spacial score (nSPS) is 11.3. The number of carboxylic acids is 1. The van der Waals surface area contributed by atoms with Gasteiger partial charge in [-0.25, -0.2) is 9.18 Å². The Labute approximate surface area is 216 Å². The van der Waals surface area contributed by atoms with E-state index < -0.39 is 45.9 Å². The van der Waals surface area contributed by atoms with E-state index in [0.717, 1.165) is 30.3 Å². The van der Waals surface area contributed by atoms with Gasteiger partial charge in [0.15, 0.2) is 0 Å². The van der Waals surface area contributed by atoms with Crippen LogP contribution in [-0.2, 0) is 6.18 Å². The highest BCUT2D eigenvalue weighted by Crippen LogP contribution is 2.37. The van der Waals surface area contributed by atoms with Crippen molar-refractivity contribution in [2.45, 2.75) is 6.18 Å². The number of nitrogens with zero attached hydrogens (tertiary/aromatic N) is 2. The highest BCUT2D eigenvalue weighted by atomic mass is 35.5. The van der Waals surface area contributed by atoms with Gasteiger partial charge < -0.3 is 10.4 Å². The summed E-state index contributed by atoms with van der Waals surface area (Å²) in [5.41, 5.74) is -3.13. The van der Waals surface area contributed by atoms with E-state index in [1.54, 1.807) is 0 Å². The van der Waals surface area contributed by atoms with Gasteiger partial charge in [0.05, 0.1) is 33.8 Å². The summed E-state index contributed by atoms with van der Waals surface area (Å²) in [7, 11) is 0. The SMILES string of the molecule is C#CCNC(=O)c1ccc2c(-c3ccc(C(=O)O)cc3F)nn(C(=O)c3c(Cl)cccc3C(F)(F)F)c2c1. The van der Waals surface area contributed by atoms with Crippen LogP contribution >= 0.6 is 11.6 Å². The maximum atomic E-state index is 14.9. The number of fused-ring (bicyclic) bond motifs is 1. The van der Waals surface area contributed by atoms with Crippen molar-refractivity contribution in [3.63, 3.8) is 0 Å². The van der Waals surface area contributed by atoms with Crippen molar-refractivity contribution >= 4 is 40.3 Å². The number of alkyl halides is 3. The van der Waals surface area contributed by atoms with Crippen molar-refractivity contribution in [3.8, 4) is 23.6 Å². The Balaban J connectivity index is 1.99. The Morgan fingerprint density at radius 2 is 1.79 bits per heavy atom. The molecule has 0 fully saturated rings. The second-order valence-corrected chi connectivity index (χ2v) is 8.25. The minimum atomic E-state index is -4.94. The van der Waals surface area contributed by atoms with E-state index in [0.29, 0.717) is 10.7 Å². The average molecular weight is 544 g/mol. The Hall–Kier alpha value is -4.69. The molecule has 4 rings (SSSR count). The Kier molecular flexibility index (Phi) is 6.93. The molecule has 0 saturated carbocycles. The molecule has 1 aromatic heterocycles. The molecule has 38 heavy (non-hydrogen) atoms. The summed E-state index contributed by atoms with van der Waals surface area (Å²) in [6.45, 7) is -0.115. The Morgan fingerprint density at radius 1 is 1.08 bits per heavy atom. The van der Waals surface area contributed by atoms with Gasteiger partial charge in [0, 0.05) is 16.5 Å². The fraction of sp³-hybridized carbons (Fsp3) is 0.0769. The molecule has 0 unspecified atom stereocenters. The molecule has 1 amide bonds. The number of nitrogens with one attached hydrogen (secondary N) is 1. The lowest BCUT2D eigenvalue weighted by atomic mass is 10.0. The van der Waals surface area contributed by atoms with Gasteiger partial charge in [0.25, 0.3) is 11.8 Å². The van der Waals surface area contributed by atoms with Crippen LogP contribution in [0.5, 0.6) is 0 Å². The van der Waals surface area contributed by atoms with E-state index in [1.165, 1.54) is 18.2 Å². The van der Waals surface area contributed by atoms with Gasteiger partial charge in [-0.3, -0.25) is 9.59 Å². The summed E-state index contributed by atoms with van der Waals surface area (Å²) in [5, 5.41) is 15.2. The molecular weight excluding hydrogens is 530 g/mol.